The van der Waals surface area contributed by atoms with E-state index < -0.39 is 50.3 Å². The van der Waals surface area contributed by atoms with Crippen LogP contribution >= 0.6 is 0 Å². The first kappa shape index (κ1) is 29.4. The number of halogens is 3. The van der Waals surface area contributed by atoms with Crippen LogP contribution in [0.3, 0.4) is 0 Å². The first-order chi connectivity index (χ1) is 18.4. The summed E-state index contributed by atoms with van der Waals surface area (Å²) < 4.78 is 90.2. The van der Waals surface area contributed by atoms with Gasteiger partial charge in [-0.3, -0.25) is 0 Å². The van der Waals surface area contributed by atoms with Crippen molar-refractivity contribution in [3.63, 3.8) is 0 Å². The maximum absolute atomic E-state index is 13.4. The monoisotopic (exact) mass is 571 g/mol. The van der Waals surface area contributed by atoms with E-state index in [1.165, 1.54) is 38.5 Å². The van der Waals surface area contributed by atoms with Crippen molar-refractivity contribution in [2.75, 3.05) is 28.4 Å². The van der Waals surface area contributed by atoms with E-state index in [1.54, 1.807) is 24.3 Å². The van der Waals surface area contributed by atoms with Gasteiger partial charge >= 0.3 is 27.6 Å². The number of nitrogens with zero attached hydrogens (tertiary/aromatic N) is 1. The molecule has 0 amide bonds. The predicted molar refractivity (Wildman–Crippen MR) is 131 cm³/mol. The highest BCUT2D eigenvalue weighted by Gasteiger charge is 2.50. The molecule has 3 aromatic rings. The van der Waals surface area contributed by atoms with Crippen molar-refractivity contribution in [1.29, 1.82) is 0 Å². The molecule has 0 bridgehead atoms. The Bertz CT molecular complexity index is 1460. The molecular weight excluding hydrogens is 547 g/mol. The van der Waals surface area contributed by atoms with Crippen molar-refractivity contribution in [2.45, 2.75) is 18.5 Å². The van der Waals surface area contributed by atoms with Gasteiger partial charge in [0, 0.05) is 12.1 Å². The number of rotatable bonds is 10. The fraction of sp³-hybridized carbons (Fsp3) is 0.280. The van der Waals surface area contributed by atoms with Crippen molar-refractivity contribution >= 4 is 22.1 Å². The number of alkyl halides is 3. The van der Waals surface area contributed by atoms with Gasteiger partial charge in [-0.05, 0) is 30.2 Å². The van der Waals surface area contributed by atoms with E-state index in [4.69, 9.17) is 18.9 Å². The summed E-state index contributed by atoms with van der Waals surface area (Å²) in [7, 11) is -1.62. The standard InChI is InChI=1S/C25H24F3NO9S/c1-34-16-11-9-15(10-12-16)13-14-29-20(23(30)36-3)19(17-7-5-6-8-18(17)35-2)22(21(29)24(31)37-4)38-39(32,33)25(26,27)28/h5-12H,13-14H2,1-4H3. The van der Waals surface area contributed by atoms with Gasteiger partial charge in [-0.25, -0.2) is 9.59 Å². The molecule has 1 heterocycles. The number of ether oxygens (including phenoxy) is 4. The summed E-state index contributed by atoms with van der Waals surface area (Å²) in [4.78, 5) is 26.0. The van der Waals surface area contributed by atoms with Gasteiger partial charge < -0.3 is 27.7 Å². The molecule has 0 fully saturated rings. The average molecular weight is 572 g/mol. The molecule has 0 saturated carbocycles. The molecule has 39 heavy (non-hydrogen) atoms. The fourth-order valence-corrected chi connectivity index (χ4v) is 4.28. The lowest BCUT2D eigenvalue weighted by atomic mass is 10.0. The number of benzene rings is 2. The molecule has 0 spiro atoms. The topological polar surface area (TPSA) is 119 Å². The second kappa shape index (κ2) is 11.7. The lowest BCUT2D eigenvalue weighted by Gasteiger charge is -2.13. The van der Waals surface area contributed by atoms with E-state index in [0.717, 1.165) is 18.8 Å². The number of para-hydroxylation sites is 1. The third-order valence-electron chi connectivity index (χ3n) is 5.61. The number of hydrogen-bond donors (Lipinski definition) is 0. The molecule has 210 valence electrons. The highest BCUT2D eigenvalue weighted by atomic mass is 32.2. The highest BCUT2D eigenvalue weighted by molar-refractivity contribution is 7.88. The average Bonchev–Trinajstić information content (AvgIpc) is 3.23. The van der Waals surface area contributed by atoms with Crippen LogP contribution in [-0.2, 0) is 32.6 Å². The molecule has 14 heteroatoms. The van der Waals surface area contributed by atoms with Crippen molar-refractivity contribution in [1.82, 2.24) is 4.57 Å². The normalized spacial score (nSPS) is 11.6. The van der Waals surface area contributed by atoms with Gasteiger partial charge in [0.1, 0.15) is 17.2 Å². The van der Waals surface area contributed by atoms with Gasteiger partial charge in [-0.15, -0.1) is 0 Å². The smallest absolute Gasteiger partial charge is 0.497 e. The van der Waals surface area contributed by atoms with Gasteiger partial charge in [0.2, 0.25) is 0 Å². The molecule has 2 aromatic carbocycles. The maximum Gasteiger partial charge on any atom is 0.534 e. The van der Waals surface area contributed by atoms with Crippen LogP contribution in [0.1, 0.15) is 26.5 Å². The Morgan fingerprint density at radius 2 is 1.44 bits per heavy atom. The Hall–Kier alpha value is -4.20. The molecule has 0 aliphatic carbocycles. The number of methoxy groups -OCH3 is 4. The fourth-order valence-electron chi connectivity index (χ4n) is 3.80. The highest BCUT2D eigenvalue weighted by Crippen LogP contribution is 2.45. The summed E-state index contributed by atoms with van der Waals surface area (Å²) in [6, 6.07) is 12.5. The van der Waals surface area contributed by atoms with Gasteiger partial charge in [-0.1, -0.05) is 30.3 Å². The van der Waals surface area contributed by atoms with Crippen LogP contribution in [0.5, 0.6) is 17.2 Å². The van der Waals surface area contributed by atoms with Crippen LogP contribution < -0.4 is 13.7 Å². The van der Waals surface area contributed by atoms with Crippen molar-refractivity contribution in [2.24, 2.45) is 0 Å². The Labute approximate surface area is 221 Å². The predicted octanol–water partition coefficient (Wildman–Crippen LogP) is 4.22. The van der Waals surface area contributed by atoms with E-state index in [-0.39, 0.29) is 24.3 Å². The van der Waals surface area contributed by atoms with Crippen LogP contribution in [-0.4, -0.2) is 58.9 Å². The second-order valence-electron chi connectivity index (χ2n) is 7.82. The number of hydrogen-bond acceptors (Lipinski definition) is 9. The van der Waals surface area contributed by atoms with Crippen LogP contribution in [0, 0.1) is 0 Å². The molecule has 0 unspecified atom stereocenters. The third kappa shape index (κ3) is 5.95. The lowest BCUT2D eigenvalue weighted by Crippen LogP contribution is -2.29. The zero-order valence-electron chi connectivity index (χ0n) is 21.2. The Morgan fingerprint density at radius 1 is 0.846 bits per heavy atom. The summed E-state index contributed by atoms with van der Waals surface area (Å²) in [5.74, 6) is -2.81. The SMILES string of the molecule is COC(=O)c1c(OS(=O)(=O)C(F)(F)F)c(-c2ccccc2OC)c(C(=O)OC)n1CCc1ccc(OC)cc1. The molecular formula is C25H24F3NO9S. The summed E-state index contributed by atoms with van der Waals surface area (Å²) in [6.45, 7) is -0.196. The van der Waals surface area contributed by atoms with Crippen molar-refractivity contribution in [3.05, 3.63) is 65.5 Å². The summed E-state index contributed by atoms with van der Waals surface area (Å²) in [5, 5.41) is 0. The van der Waals surface area contributed by atoms with Crippen LogP contribution in [0.4, 0.5) is 13.2 Å². The Balaban J connectivity index is 2.39. The number of aryl methyl sites for hydroxylation is 1. The zero-order valence-corrected chi connectivity index (χ0v) is 22.0. The molecule has 0 aliphatic rings. The Kier molecular flexibility index (Phi) is 8.79. The van der Waals surface area contributed by atoms with E-state index >= 15 is 0 Å². The minimum atomic E-state index is -6.30. The van der Waals surface area contributed by atoms with E-state index in [2.05, 4.69) is 4.18 Å². The molecule has 0 atom stereocenters. The maximum atomic E-state index is 13.4. The minimum absolute atomic E-state index is 0.0406. The lowest BCUT2D eigenvalue weighted by molar-refractivity contribution is -0.0500. The van der Waals surface area contributed by atoms with Crippen LogP contribution in [0.25, 0.3) is 11.1 Å². The molecule has 0 aliphatic heterocycles. The zero-order chi connectivity index (χ0) is 29.0. The van der Waals surface area contributed by atoms with Gasteiger partial charge in [-0.2, -0.15) is 21.6 Å². The van der Waals surface area contributed by atoms with E-state index in [9.17, 15) is 31.2 Å². The van der Waals surface area contributed by atoms with Gasteiger partial charge in [0.05, 0.1) is 34.0 Å². The second-order valence-corrected chi connectivity index (χ2v) is 9.36. The first-order valence-corrected chi connectivity index (χ1v) is 12.5. The number of esters is 2. The molecule has 3 rings (SSSR count). The molecule has 1 aromatic heterocycles. The number of aromatic nitrogens is 1. The summed E-state index contributed by atoms with van der Waals surface area (Å²) in [6.07, 6.45) is 0.142. The van der Waals surface area contributed by atoms with Crippen molar-refractivity contribution in [3.8, 4) is 28.4 Å². The van der Waals surface area contributed by atoms with E-state index in [1.807, 2.05) is 0 Å². The quantitative estimate of drug-likeness (QED) is 0.200. The number of carbonyl (C=O) groups is 2. The van der Waals surface area contributed by atoms with E-state index in [0.29, 0.717) is 11.3 Å². The van der Waals surface area contributed by atoms with Crippen LogP contribution in [0.15, 0.2) is 48.5 Å². The van der Waals surface area contributed by atoms with Gasteiger partial charge in [0.25, 0.3) is 0 Å². The first-order valence-electron chi connectivity index (χ1n) is 11.1. The molecule has 0 saturated heterocycles. The minimum Gasteiger partial charge on any atom is -0.497 e. The number of carbonyl (C=O) groups excluding carboxylic acids is 2. The van der Waals surface area contributed by atoms with Gasteiger partial charge in [0.15, 0.2) is 11.4 Å². The molecule has 10 nitrogen and oxygen atoms in total. The summed E-state index contributed by atoms with van der Waals surface area (Å²) >= 11 is 0. The molecule has 0 N–H and O–H groups in total. The van der Waals surface area contributed by atoms with Crippen molar-refractivity contribution < 1.29 is 54.3 Å². The molecule has 0 radical (unpaired) electrons. The largest absolute Gasteiger partial charge is 0.534 e. The third-order valence-corrected chi connectivity index (χ3v) is 6.57. The van der Waals surface area contributed by atoms with Crippen LogP contribution in [0.2, 0.25) is 0 Å². The Morgan fingerprint density at radius 3 is 1.97 bits per heavy atom. The summed E-state index contributed by atoms with van der Waals surface area (Å²) in [5.41, 5.74) is -6.87.